The van der Waals surface area contributed by atoms with Crippen molar-refractivity contribution in [3.8, 4) is 0 Å². The number of carbonyl (C=O) groups excluding carboxylic acids is 2. The summed E-state index contributed by atoms with van der Waals surface area (Å²) in [5, 5.41) is 6.74. The molecule has 0 spiro atoms. The molecular formula is C22H28N4O2. The fraction of sp³-hybridized carbons (Fsp3) is 0.318. The van der Waals surface area contributed by atoms with E-state index >= 15 is 0 Å². The predicted octanol–water partition coefficient (Wildman–Crippen LogP) is 3.71. The molecule has 2 N–H and O–H groups in total. The van der Waals surface area contributed by atoms with Crippen LogP contribution in [0.25, 0.3) is 0 Å². The zero-order valence-electron chi connectivity index (χ0n) is 16.7. The maximum absolute atomic E-state index is 11.9. The lowest BCUT2D eigenvalue weighted by Crippen LogP contribution is -2.21. The molecule has 0 heterocycles. The van der Waals surface area contributed by atoms with Crippen LogP contribution in [0, 0.1) is 6.92 Å². The second kappa shape index (κ2) is 10.9. The lowest BCUT2D eigenvalue weighted by Gasteiger charge is -2.20. The minimum atomic E-state index is -0.296. The quantitative estimate of drug-likeness (QED) is 0.514. The number of carbonyl (C=O) groups is 2. The summed E-state index contributed by atoms with van der Waals surface area (Å²) < 4.78 is 0. The Morgan fingerprint density at radius 3 is 2.32 bits per heavy atom. The zero-order valence-corrected chi connectivity index (χ0v) is 16.7. The molecule has 2 amide bonds. The Labute approximate surface area is 166 Å². The maximum Gasteiger partial charge on any atom is 0.240 e. The van der Waals surface area contributed by atoms with Gasteiger partial charge in [-0.05, 0) is 56.2 Å². The van der Waals surface area contributed by atoms with E-state index in [2.05, 4.69) is 34.6 Å². The van der Waals surface area contributed by atoms with Gasteiger partial charge in [-0.1, -0.05) is 24.3 Å². The smallest absolute Gasteiger partial charge is 0.240 e. The van der Waals surface area contributed by atoms with Crippen LogP contribution in [-0.2, 0) is 9.59 Å². The van der Waals surface area contributed by atoms with Gasteiger partial charge in [0.25, 0.3) is 0 Å². The maximum atomic E-state index is 11.9. The van der Waals surface area contributed by atoms with E-state index in [1.54, 1.807) is 6.21 Å². The van der Waals surface area contributed by atoms with Crippen LogP contribution in [-0.4, -0.2) is 31.1 Å². The normalized spacial score (nSPS) is 10.7. The van der Waals surface area contributed by atoms with Gasteiger partial charge < -0.3 is 10.2 Å². The average Bonchev–Trinajstić information content (AvgIpc) is 2.68. The van der Waals surface area contributed by atoms with E-state index in [0.717, 1.165) is 35.6 Å². The lowest BCUT2D eigenvalue weighted by molar-refractivity contribution is -0.124. The average molecular weight is 380 g/mol. The van der Waals surface area contributed by atoms with Crippen LogP contribution >= 0.6 is 0 Å². The summed E-state index contributed by atoms with van der Waals surface area (Å²) >= 11 is 0. The second-order valence-corrected chi connectivity index (χ2v) is 6.47. The fourth-order valence-corrected chi connectivity index (χ4v) is 2.77. The first-order valence-corrected chi connectivity index (χ1v) is 9.55. The largest absolute Gasteiger partial charge is 0.372 e. The third-order valence-electron chi connectivity index (χ3n) is 4.31. The number of anilines is 2. The van der Waals surface area contributed by atoms with Crippen LogP contribution in [0.15, 0.2) is 53.6 Å². The number of rotatable bonds is 9. The molecule has 0 fully saturated rings. The van der Waals surface area contributed by atoms with E-state index in [4.69, 9.17) is 0 Å². The summed E-state index contributed by atoms with van der Waals surface area (Å²) in [7, 11) is 0. The van der Waals surface area contributed by atoms with Crippen molar-refractivity contribution in [2.75, 3.05) is 23.3 Å². The van der Waals surface area contributed by atoms with Crippen LogP contribution in [0.3, 0.4) is 0 Å². The molecule has 0 aliphatic carbocycles. The molecule has 28 heavy (non-hydrogen) atoms. The molecule has 0 unspecified atom stereocenters. The molecule has 2 aromatic carbocycles. The summed E-state index contributed by atoms with van der Waals surface area (Å²) in [6, 6.07) is 15.5. The fourth-order valence-electron chi connectivity index (χ4n) is 2.77. The third kappa shape index (κ3) is 6.87. The second-order valence-electron chi connectivity index (χ2n) is 6.47. The number of hydrogen-bond donors (Lipinski definition) is 2. The van der Waals surface area contributed by atoms with Crippen LogP contribution in [0.1, 0.15) is 37.8 Å². The van der Waals surface area contributed by atoms with E-state index in [9.17, 15) is 9.59 Å². The molecule has 6 heteroatoms. The zero-order chi connectivity index (χ0) is 20.4. The van der Waals surface area contributed by atoms with Gasteiger partial charge in [-0.15, -0.1) is 0 Å². The van der Waals surface area contributed by atoms with E-state index in [1.807, 2.05) is 55.5 Å². The van der Waals surface area contributed by atoms with Crippen LogP contribution in [0.2, 0.25) is 0 Å². The van der Waals surface area contributed by atoms with Crippen LogP contribution in [0.5, 0.6) is 0 Å². The number of hydrazone groups is 1. The van der Waals surface area contributed by atoms with Gasteiger partial charge in [-0.2, -0.15) is 5.10 Å². The molecule has 6 nitrogen and oxygen atoms in total. The Hall–Kier alpha value is -3.15. The lowest BCUT2D eigenvalue weighted by atomic mass is 10.2. The van der Waals surface area contributed by atoms with Crippen molar-refractivity contribution in [1.29, 1.82) is 0 Å². The van der Waals surface area contributed by atoms with E-state index in [-0.39, 0.29) is 24.7 Å². The highest BCUT2D eigenvalue weighted by molar-refractivity contribution is 5.93. The molecular weight excluding hydrogens is 352 g/mol. The van der Waals surface area contributed by atoms with Gasteiger partial charge in [0.1, 0.15) is 0 Å². The van der Waals surface area contributed by atoms with Gasteiger partial charge in [0.05, 0.1) is 6.21 Å². The third-order valence-corrected chi connectivity index (χ3v) is 4.31. The molecule has 0 atom stereocenters. The highest BCUT2D eigenvalue weighted by Gasteiger charge is 2.07. The molecule has 0 saturated heterocycles. The molecule has 0 aliphatic heterocycles. The number of aryl methyl sites for hydroxylation is 1. The van der Waals surface area contributed by atoms with Crippen molar-refractivity contribution in [3.05, 3.63) is 59.7 Å². The van der Waals surface area contributed by atoms with E-state index in [0.29, 0.717) is 0 Å². The number of nitrogens with one attached hydrogen (secondary N) is 2. The minimum Gasteiger partial charge on any atom is -0.372 e. The van der Waals surface area contributed by atoms with Gasteiger partial charge in [-0.25, -0.2) is 5.43 Å². The molecule has 148 valence electrons. The first kappa shape index (κ1) is 21.2. The number of amides is 2. The highest BCUT2D eigenvalue weighted by atomic mass is 16.2. The Morgan fingerprint density at radius 2 is 1.68 bits per heavy atom. The topological polar surface area (TPSA) is 73.8 Å². The van der Waals surface area contributed by atoms with Crippen molar-refractivity contribution < 1.29 is 9.59 Å². The summed E-state index contributed by atoms with van der Waals surface area (Å²) in [5.74, 6) is -0.493. The first-order chi connectivity index (χ1) is 13.5. The van der Waals surface area contributed by atoms with Gasteiger partial charge in [0.2, 0.25) is 11.8 Å². The van der Waals surface area contributed by atoms with Crippen molar-refractivity contribution >= 4 is 29.4 Å². The highest BCUT2D eigenvalue weighted by Crippen LogP contribution is 2.14. The Bertz CT molecular complexity index is 812. The molecule has 0 aromatic heterocycles. The Balaban J connectivity index is 1.75. The number of nitrogens with zero attached hydrogens (tertiary/aromatic N) is 2. The van der Waals surface area contributed by atoms with Crippen LogP contribution < -0.4 is 15.6 Å². The van der Waals surface area contributed by atoms with Crippen molar-refractivity contribution in [2.45, 2.75) is 33.6 Å². The Kier molecular flexibility index (Phi) is 8.21. The predicted molar refractivity (Wildman–Crippen MR) is 115 cm³/mol. The summed E-state index contributed by atoms with van der Waals surface area (Å²) in [6.45, 7) is 8.11. The first-order valence-electron chi connectivity index (χ1n) is 9.55. The minimum absolute atomic E-state index is 0.0793. The number of hydrogen-bond acceptors (Lipinski definition) is 4. The van der Waals surface area contributed by atoms with Crippen molar-refractivity contribution in [1.82, 2.24) is 5.43 Å². The monoisotopic (exact) mass is 380 g/mol. The summed E-state index contributed by atoms with van der Waals surface area (Å²) in [4.78, 5) is 26.0. The molecule has 0 bridgehead atoms. The number of benzene rings is 2. The molecule has 0 radical (unpaired) electrons. The molecule has 2 rings (SSSR count). The van der Waals surface area contributed by atoms with Gasteiger partial charge in [0.15, 0.2) is 0 Å². The van der Waals surface area contributed by atoms with E-state index in [1.165, 1.54) is 0 Å². The summed E-state index contributed by atoms with van der Waals surface area (Å²) in [5.41, 5.74) is 6.31. The molecule has 0 aliphatic rings. The van der Waals surface area contributed by atoms with Crippen LogP contribution in [0.4, 0.5) is 11.4 Å². The van der Waals surface area contributed by atoms with Crippen molar-refractivity contribution in [2.24, 2.45) is 5.10 Å². The standard InChI is InChI=1S/C22H28N4O2/c1-4-26(5-2)20-11-9-18(10-12-20)16-23-25-22(28)14-13-21(27)24-19-8-6-7-17(3)15-19/h6-12,15-16H,4-5,13-14H2,1-3H3,(H,24,27)(H,25,28)/b23-16+. The molecule has 2 aromatic rings. The van der Waals surface area contributed by atoms with Crippen molar-refractivity contribution in [3.63, 3.8) is 0 Å². The Morgan fingerprint density at radius 1 is 1.00 bits per heavy atom. The molecule has 0 saturated carbocycles. The van der Waals surface area contributed by atoms with Gasteiger partial charge >= 0.3 is 0 Å². The van der Waals surface area contributed by atoms with E-state index < -0.39 is 0 Å². The summed E-state index contributed by atoms with van der Waals surface area (Å²) in [6.07, 6.45) is 1.78. The van der Waals surface area contributed by atoms with Gasteiger partial charge in [0, 0.05) is 37.3 Å². The SMILES string of the molecule is CCN(CC)c1ccc(/C=N/NC(=O)CCC(=O)Nc2cccc(C)c2)cc1. The van der Waals surface area contributed by atoms with Gasteiger partial charge in [-0.3, -0.25) is 9.59 Å².